The van der Waals surface area contributed by atoms with Crippen molar-refractivity contribution >= 4 is 28.8 Å². The molecule has 0 aliphatic rings. The van der Waals surface area contributed by atoms with Crippen LogP contribution in [0.25, 0.3) is 10.8 Å². The van der Waals surface area contributed by atoms with Crippen molar-refractivity contribution in [3.8, 4) is 5.75 Å². The van der Waals surface area contributed by atoms with E-state index in [1.54, 1.807) is 12.3 Å². The van der Waals surface area contributed by atoms with Gasteiger partial charge in [-0.2, -0.15) is 5.10 Å². The van der Waals surface area contributed by atoms with Crippen LogP contribution in [0.1, 0.15) is 35.7 Å². The van der Waals surface area contributed by atoms with Gasteiger partial charge in [0.1, 0.15) is 5.75 Å². The van der Waals surface area contributed by atoms with Crippen LogP contribution in [-0.2, 0) is 4.79 Å². The van der Waals surface area contributed by atoms with E-state index in [2.05, 4.69) is 22.8 Å². The lowest BCUT2D eigenvalue weighted by molar-refractivity contribution is -0.120. The molecule has 0 fully saturated rings. The molecule has 0 heterocycles. The summed E-state index contributed by atoms with van der Waals surface area (Å²) in [7, 11) is 0. The number of fused-ring (bicyclic) bond motifs is 1. The lowest BCUT2D eigenvalue weighted by Crippen LogP contribution is -2.35. The predicted molar refractivity (Wildman–Crippen MR) is 119 cm³/mol. The smallest absolute Gasteiger partial charge is 0.259 e. The molecule has 3 aromatic carbocycles. The average Bonchev–Trinajstić information content (AvgIpc) is 2.78. The number of nitrogens with zero attached hydrogens (tertiary/aromatic N) is 1. The molecule has 0 spiro atoms. The van der Waals surface area contributed by atoms with E-state index in [4.69, 9.17) is 4.74 Å². The highest BCUT2D eigenvalue weighted by atomic mass is 16.5. The number of nitrogens with one attached hydrogen (secondary N) is 2. The van der Waals surface area contributed by atoms with Gasteiger partial charge in [-0.05, 0) is 53.1 Å². The molecule has 0 aliphatic heterocycles. The molecule has 3 aromatic rings. The molecule has 2 amide bonds. The van der Waals surface area contributed by atoms with Gasteiger partial charge in [0.25, 0.3) is 11.8 Å². The van der Waals surface area contributed by atoms with Crippen LogP contribution in [-0.4, -0.2) is 31.2 Å². The highest BCUT2D eigenvalue weighted by Crippen LogP contribution is 2.18. The molecule has 2 N–H and O–H groups in total. The SMILES string of the molecule is CCCCOc1ccc(/C=N\NC(=O)CNC(=O)c2cccc3ccccc23)cc1. The highest BCUT2D eigenvalue weighted by Gasteiger charge is 2.10. The maximum atomic E-state index is 12.4. The van der Waals surface area contributed by atoms with E-state index in [1.807, 2.05) is 60.7 Å². The molecule has 0 aromatic heterocycles. The van der Waals surface area contributed by atoms with Crippen LogP contribution in [0.3, 0.4) is 0 Å². The van der Waals surface area contributed by atoms with Gasteiger partial charge in [-0.15, -0.1) is 0 Å². The van der Waals surface area contributed by atoms with Gasteiger partial charge in [-0.25, -0.2) is 5.43 Å². The van der Waals surface area contributed by atoms with Crippen molar-refractivity contribution in [3.05, 3.63) is 77.9 Å². The Morgan fingerprint density at radius 2 is 1.77 bits per heavy atom. The summed E-state index contributed by atoms with van der Waals surface area (Å²) in [6, 6.07) is 20.6. The molecule has 0 bridgehead atoms. The van der Waals surface area contributed by atoms with E-state index in [1.165, 1.54) is 0 Å². The summed E-state index contributed by atoms with van der Waals surface area (Å²) in [6.45, 7) is 2.65. The molecule has 0 radical (unpaired) electrons. The van der Waals surface area contributed by atoms with Gasteiger partial charge in [-0.1, -0.05) is 49.7 Å². The van der Waals surface area contributed by atoms with E-state index in [-0.39, 0.29) is 12.5 Å². The molecular weight excluding hydrogens is 378 g/mol. The fourth-order valence-corrected chi connectivity index (χ4v) is 2.88. The number of unbranched alkanes of at least 4 members (excludes halogenated alkanes) is 1. The number of hydrazone groups is 1. The quantitative estimate of drug-likeness (QED) is 0.323. The molecule has 30 heavy (non-hydrogen) atoms. The van der Waals surface area contributed by atoms with Crippen molar-refractivity contribution < 1.29 is 14.3 Å². The van der Waals surface area contributed by atoms with E-state index < -0.39 is 5.91 Å². The first-order valence-corrected chi connectivity index (χ1v) is 9.98. The molecule has 0 saturated carbocycles. The number of amides is 2. The molecule has 0 aliphatic carbocycles. The van der Waals surface area contributed by atoms with Crippen LogP contribution in [0.2, 0.25) is 0 Å². The molecule has 0 atom stereocenters. The van der Waals surface area contributed by atoms with Gasteiger partial charge in [-0.3, -0.25) is 9.59 Å². The van der Waals surface area contributed by atoms with Crippen molar-refractivity contribution in [2.45, 2.75) is 19.8 Å². The van der Waals surface area contributed by atoms with Crippen molar-refractivity contribution in [1.29, 1.82) is 0 Å². The number of ether oxygens (including phenoxy) is 1. The fraction of sp³-hybridized carbons (Fsp3) is 0.208. The van der Waals surface area contributed by atoms with Crippen molar-refractivity contribution in [2.24, 2.45) is 5.10 Å². The summed E-state index contributed by atoms with van der Waals surface area (Å²) in [5.41, 5.74) is 3.78. The van der Waals surface area contributed by atoms with Crippen LogP contribution in [0.5, 0.6) is 5.75 Å². The second-order valence-corrected chi connectivity index (χ2v) is 6.77. The van der Waals surface area contributed by atoms with Crippen LogP contribution in [0.4, 0.5) is 0 Å². The Hall–Kier alpha value is -3.67. The molecule has 6 nitrogen and oxygen atoms in total. The topological polar surface area (TPSA) is 79.8 Å². The standard InChI is InChI=1S/C24H25N3O3/c1-2-3-15-30-20-13-11-18(12-14-20)16-26-27-23(28)17-25-24(29)22-10-6-8-19-7-4-5-9-21(19)22/h4-14,16H,2-3,15,17H2,1H3,(H,25,29)(H,27,28)/b26-16-. The van der Waals surface area contributed by atoms with E-state index in [9.17, 15) is 9.59 Å². The number of rotatable bonds is 9. The third kappa shape index (κ3) is 5.91. The van der Waals surface area contributed by atoms with Crippen molar-refractivity contribution in [3.63, 3.8) is 0 Å². The van der Waals surface area contributed by atoms with Gasteiger partial charge in [0.05, 0.1) is 19.4 Å². The van der Waals surface area contributed by atoms with Crippen LogP contribution >= 0.6 is 0 Å². The summed E-state index contributed by atoms with van der Waals surface area (Å²) < 4.78 is 5.61. The van der Waals surface area contributed by atoms with Crippen LogP contribution < -0.4 is 15.5 Å². The maximum Gasteiger partial charge on any atom is 0.259 e. The molecule has 6 heteroatoms. The minimum Gasteiger partial charge on any atom is -0.494 e. The highest BCUT2D eigenvalue weighted by molar-refractivity contribution is 6.07. The van der Waals surface area contributed by atoms with E-state index in [0.717, 1.165) is 34.9 Å². The van der Waals surface area contributed by atoms with Crippen molar-refractivity contribution in [2.75, 3.05) is 13.2 Å². The van der Waals surface area contributed by atoms with Gasteiger partial charge in [0.2, 0.25) is 0 Å². The summed E-state index contributed by atoms with van der Waals surface area (Å²) in [6.07, 6.45) is 3.65. The zero-order valence-electron chi connectivity index (χ0n) is 16.9. The third-order valence-electron chi connectivity index (χ3n) is 4.49. The second-order valence-electron chi connectivity index (χ2n) is 6.77. The van der Waals surface area contributed by atoms with Crippen LogP contribution in [0.15, 0.2) is 71.8 Å². The fourth-order valence-electron chi connectivity index (χ4n) is 2.88. The summed E-state index contributed by atoms with van der Waals surface area (Å²) in [5, 5.41) is 8.38. The summed E-state index contributed by atoms with van der Waals surface area (Å²) in [4.78, 5) is 24.4. The second kappa shape index (κ2) is 10.8. The van der Waals surface area contributed by atoms with Gasteiger partial charge < -0.3 is 10.1 Å². The first kappa shape index (κ1) is 21.0. The largest absolute Gasteiger partial charge is 0.494 e. The monoisotopic (exact) mass is 403 g/mol. The average molecular weight is 403 g/mol. The Morgan fingerprint density at radius 3 is 2.57 bits per heavy atom. The lowest BCUT2D eigenvalue weighted by atomic mass is 10.0. The zero-order valence-corrected chi connectivity index (χ0v) is 16.9. The molecule has 154 valence electrons. The zero-order chi connectivity index (χ0) is 21.2. The van der Waals surface area contributed by atoms with Gasteiger partial charge in [0, 0.05) is 5.56 Å². The maximum absolute atomic E-state index is 12.4. The normalized spacial score (nSPS) is 10.8. The number of hydrogen-bond donors (Lipinski definition) is 2. The third-order valence-corrected chi connectivity index (χ3v) is 4.49. The Bertz CT molecular complexity index is 1020. The van der Waals surface area contributed by atoms with E-state index >= 15 is 0 Å². The van der Waals surface area contributed by atoms with Gasteiger partial charge in [0.15, 0.2) is 0 Å². The van der Waals surface area contributed by atoms with Gasteiger partial charge >= 0.3 is 0 Å². The lowest BCUT2D eigenvalue weighted by Gasteiger charge is -2.07. The number of hydrogen-bond acceptors (Lipinski definition) is 4. The molecule has 0 unspecified atom stereocenters. The number of carbonyl (C=O) groups excluding carboxylic acids is 2. The number of carbonyl (C=O) groups is 2. The Kier molecular flexibility index (Phi) is 7.55. The van der Waals surface area contributed by atoms with Crippen molar-refractivity contribution in [1.82, 2.24) is 10.7 Å². The predicted octanol–water partition coefficient (Wildman–Crippen LogP) is 3.90. The minimum absolute atomic E-state index is 0.163. The Balaban J connectivity index is 1.47. The Morgan fingerprint density at radius 1 is 1.00 bits per heavy atom. The van der Waals surface area contributed by atoms with Crippen LogP contribution in [0, 0.1) is 0 Å². The minimum atomic E-state index is -0.403. The molecular formula is C24H25N3O3. The number of benzene rings is 3. The molecule has 3 rings (SSSR count). The Labute approximate surface area is 175 Å². The first-order chi connectivity index (χ1) is 14.7. The molecule has 0 saturated heterocycles. The van der Waals surface area contributed by atoms with E-state index in [0.29, 0.717) is 12.2 Å². The summed E-state index contributed by atoms with van der Waals surface area (Å²) >= 11 is 0. The summed E-state index contributed by atoms with van der Waals surface area (Å²) in [5.74, 6) is 0.102. The first-order valence-electron chi connectivity index (χ1n) is 9.98.